The lowest BCUT2D eigenvalue weighted by molar-refractivity contribution is -0.118. The highest BCUT2D eigenvalue weighted by molar-refractivity contribution is 5.87. The number of fused-ring (bicyclic) bond motifs is 1. The van der Waals surface area contributed by atoms with E-state index in [0.717, 1.165) is 25.0 Å². The summed E-state index contributed by atoms with van der Waals surface area (Å²) in [6.45, 7) is 2.23. The van der Waals surface area contributed by atoms with Crippen molar-refractivity contribution in [2.75, 3.05) is 7.11 Å². The quantitative estimate of drug-likeness (QED) is 0.759. The molecule has 2 aliphatic carbocycles. The first kappa shape index (κ1) is 9.88. The minimum atomic E-state index is 0.124. The van der Waals surface area contributed by atoms with E-state index in [1.165, 1.54) is 5.56 Å². The van der Waals surface area contributed by atoms with Crippen molar-refractivity contribution in [1.29, 1.82) is 0 Å². The highest BCUT2D eigenvalue weighted by atomic mass is 16.5. The molecule has 2 unspecified atom stereocenters. The van der Waals surface area contributed by atoms with Crippen LogP contribution in [0.4, 0.5) is 0 Å². The van der Waals surface area contributed by atoms with Crippen LogP contribution in [0.3, 0.4) is 0 Å². The molecule has 2 aliphatic rings. The van der Waals surface area contributed by atoms with Gasteiger partial charge in [-0.15, -0.1) is 0 Å². The smallest absolute Gasteiger partial charge is 0.134 e. The molecule has 0 aliphatic heterocycles. The third kappa shape index (κ3) is 1.10. The number of carbonyl (C=O) groups is 1. The van der Waals surface area contributed by atoms with E-state index in [1.807, 2.05) is 12.1 Å². The minimum absolute atomic E-state index is 0.124. The molecule has 1 aromatic carbocycles. The first-order chi connectivity index (χ1) is 7.60. The lowest BCUT2D eigenvalue weighted by Crippen LogP contribution is -2.10. The Morgan fingerprint density at radius 1 is 1.31 bits per heavy atom. The highest BCUT2D eigenvalue weighted by Crippen LogP contribution is 2.72. The second-order valence-corrected chi connectivity index (χ2v) is 5.44. The van der Waals surface area contributed by atoms with Crippen LogP contribution in [-0.2, 0) is 10.2 Å². The van der Waals surface area contributed by atoms with Gasteiger partial charge in [-0.3, -0.25) is 4.79 Å². The van der Waals surface area contributed by atoms with Crippen LogP contribution in [-0.4, -0.2) is 12.9 Å². The van der Waals surface area contributed by atoms with E-state index in [2.05, 4.69) is 19.1 Å². The summed E-state index contributed by atoms with van der Waals surface area (Å²) in [7, 11) is 1.68. The SMILES string of the molecule is COc1cccc(C23CC(=O)CC2(C)C3)c1. The predicted molar refractivity (Wildman–Crippen MR) is 61.6 cm³/mol. The van der Waals surface area contributed by atoms with Gasteiger partial charge in [0.05, 0.1) is 7.11 Å². The number of benzene rings is 1. The fourth-order valence-corrected chi connectivity index (χ4v) is 3.44. The van der Waals surface area contributed by atoms with E-state index < -0.39 is 0 Å². The monoisotopic (exact) mass is 216 g/mol. The topological polar surface area (TPSA) is 26.3 Å². The summed E-state index contributed by atoms with van der Waals surface area (Å²) in [6.07, 6.45) is 2.62. The zero-order valence-electron chi connectivity index (χ0n) is 9.75. The molecule has 2 saturated carbocycles. The number of rotatable bonds is 2. The van der Waals surface area contributed by atoms with E-state index in [1.54, 1.807) is 7.11 Å². The zero-order valence-corrected chi connectivity index (χ0v) is 9.75. The van der Waals surface area contributed by atoms with Crippen molar-refractivity contribution in [1.82, 2.24) is 0 Å². The molecule has 0 saturated heterocycles. The average molecular weight is 216 g/mol. The number of Topliss-reactive ketones (excluding diaryl/α,β-unsaturated/α-hetero) is 1. The third-order valence-electron chi connectivity index (χ3n) is 4.43. The van der Waals surface area contributed by atoms with Gasteiger partial charge in [0.1, 0.15) is 11.5 Å². The summed E-state index contributed by atoms with van der Waals surface area (Å²) < 4.78 is 5.25. The number of methoxy groups -OCH3 is 1. The van der Waals surface area contributed by atoms with Gasteiger partial charge in [-0.05, 0) is 29.5 Å². The van der Waals surface area contributed by atoms with Gasteiger partial charge in [0.15, 0.2) is 0 Å². The van der Waals surface area contributed by atoms with E-state index >= 15 is 0 Å². The largest absolute Gasteiger partial charge is 0.497 e. The fraction of sp³-hybridized carbons (Fsp3) is 0.500. The molecule has 0 spiro atoms. The first-order valence-electron chi connectivity index (χ1n) is 5.76. The summed E-state index contributed by atoms with van der Waals surface area (Å²) in [5.74, 6) is 1.30. The molecular weight excluding hydrogens is 200 g/mol. The molecule has 0 N–H and O–H groups in total. The normalized spacial score (nSPS) is 36.0. The van der Waals surface area contributed by atoms with Crippen molar-refractivity contribution in [3.05, 3.63) is 29.8 Å². The molecule has 0 aromatic heterocycles. The van der Waals surface area contributed by atoms with Gasteiger partial charge in [-0.25, -0.2) is 0 Å². The van der Waals surface area contributed by atoms with Crippen molar-refractivity contribution in [3.63, 3.8) is 0 Å². The highest BCUT2D eigenvalue weighted by Gasteiger charge is 2.69. The van der Waals surface area contributed by atoms with Gasteiger partial charge >= 0.3 is 0 Å². The molecule has 0 heterocycles. The van der Waals surface area contributed by atoms with Crippen LogP contribution < -0.4 is 4.74 Å². The van der Waals surface area contributed by atoms with Crippen LogP contribution in [0.2, 0.25) is 0 Å². The Labute approximate surface area is 95.6 Å². The van der Waals surface area contributed by atoms with Crippen LogP contribution in [0.15, 0.2) is 24.3 Å². The standard InChI is InChI=1S/C14H16O2/c1-13-7-11(15)8-14(13,9-13)10-4-3-5-12(6-10)16-2/h3-6H,7-9H2,1-2H3. The molecule has 16 heavy (non-hydrogen) atoms. The maximum Gasteiger partial charge on any atom is 0.134 e. The Hall–Kier alpha value is -1.31. The molecule has 2 heteroatoms. The van der Waals surface area contributed by atoms with Gasteiger partial charge in [-0.2, -0.15) is 0 Å². The number of carbonyl (C=O) groups excluding carboxylic acids is 1. The molecule has 2 atom stereocenters. The van der Waals surface area contributed by atoms with Gasteiger partial charge < -0.3 is 4.74 Å². The second kappa shape index (κ2) is 2.88. The van der Waals surface area contributed by atoms with Crippen molar-refractivity contribution < 1.29 is 9.53 Å². The van der Waals surface area contributed by atoms with Gasteiger partial charge in [0.2, 0.25) is 0 Å². The summed E-state index contributed by atoms with van der Waals surface area (Å²) in [4.78, 5) is 11.6. The second-order valence-electron chi connectivity index (χ2n) is 5.44. The lowest BCUT2D eigenvalue weighted by Gasteiger charge is -2.15. The Balaban J connectivity index is 2.02. The third-order valence-corrected chi connectivity index (χ3v) is 4.43. The fourth-order valence-electron chi connectivity index (χ4n) is 3.44. The van der Waals surface area contributed by atoms with E-state index in [-0.39, 0.29) is 10.8 Å². The Kier molecular flexibility index (Phi) is 1.78. The molecule has 3 rings (SSSR count). The van der Waals surface area contributed by atoms with Crippen LogP contribution in [0.25, 0.3) is 0 Å². The molecule has 2 nitrogen and oxygen atoms in total. The van der Waals surface area contributed by atoms with Gasteiger partial charge in [-0.1, -0.05) is 19.1 Å². The summed E-state index contributed by atoms with van der Waals surface area (Å²) in [5, 5.41) is 0. The zero-order chi connectivity index (χ0) is 11.4. The average Bonchev–Trinajstić information content (AvgIpc) is 2.74. The van der Waals surface area contributed by atoms with E-state index in [4.69, 9.17) is 4.74 Å². The Morgan fingerprint density at radius 2 is 2.12 bits per heavy atom. The molecule has 84 valence electrons. The van der Waals surface area contributed by atoms with E-state index in [0.29, 0.717) is 5.78 Å². The van der Waals surface area contributed by atoms with E-state index in [9.17, 15) is 4.79 Å². The van der Waals surface area contributed by atoms with Crippen molar-refractivity contribution in [3.8, 4) is 5.75 Å². The number of ketones is 1. The predicted octanol–water partition coefficient (Wildman–Crippen LogP) is 2.71. The van der Waals surface area contributed by atoms with Crippen molar-refractivity contribution in [2.45, 2.75) is 31.6 Å². The van der Waals surface area contributed by atoms with Crippen LogP contribution in [0.1, 0.15) is 31.7 Å². The molecule has 0 bridgehead atoms. The maximum atomic E-state index is 11.6. The van der Waals surface area contributed by atoms with Crippen LogP contribution in [0.5, 0.6) is 5.75 Å². The van der Waals surface area contributed by atoms with Gasteiger partial charge in [0, 0.05) is 18.3 Å². The molecule has 2 fully saturated rings. The summed E-state index contributed by atoms with van der Waals surface area (Å²) in [5.41, 5.74) is 1.62. The number of hydrogen-bond donors (Lipinski definition) is 0. The Bertz CT molecular complexity index is 466. The summed E-state index contributed by atoms with van der Waals surface area (Å²) >= 11 is 0. The molecule has 0 amide bonds. The maximum absolute atomic E-state index is 11.6. The van der Waals surface area contributed by atoms with Crippen molar-refractivity contribution >= 4 is 5.78 Å². The molecule has 0 radical (unpaired) electrons. The molecular formula is C14H16O2. The minimum Gasteiger partial charge on any atom is -0.497 e. The van der Waals surface area contributed by atoms with Crippen LogP contribution >= 0.6 is 0 Å². The molecule has 1 aromatic rings. The summed E-state index contributed by atoms with van der Waals surface area (Å²) in [6, 6.07) is 8.19. The van der Waals surface area contributed by atoms with Crippen molar-refractivity contribution in [2.24, 2.45) is 5.41 Å². The number of hydrogen-bond acceptors (Lipinski definition) is 2. The van der Waals surface area contributed by atoms with Gasteiger partial charge in [0.25, 0.3) is 0 Å². The Morgan fingerprint density at radius 3 is 2.75 bits per heavy atom. The first-order valence-corrected chi connectivity index (χ1v) is 5.76. The lowest BCUT2D eigenvalue weighted by atomic mass is 9.89. The van der Waals surface area contributed by atoms with Crippen LogP contribution in [0, 0.1) is 5.41 Å². The number of ether oxygens (including phenoxy) is 1.